The van der Waals surface area contributed by atoms with Crippen LogP contribution < -0.4 is 4.67 Å². The first-order valence-electron chi connectivity index (χ1n) is 3.75. The number of nitrogens with zero attached hydrogens (tertiary/aromatic N) is 2. The van der Waals surface area contributed by atoms with Crippen LogP contribution in [-0.4, -0.2) is 17.8 Å². The zero-order valence-electron chi connectivity index (χ0n) is 6.47. The number of hydrogen-bond acceptors (Lipinski definition) is 3. The number of carbonyl (C=O) groups is 1. The molecule has 1 aromatic heterocycles. The minimum absolute atomic E-state index is 0.00815. The van der Waals surface area contributed by atoms with Crippen LogP contribution in [0, 0.1) is 0 Å². The van der Waals surface area contributed by atoms with E-state index in [4.69, 9.17) is 0 Å². The van der Waals surface area contributed by atoms with Crippen molar-refractivity contribution < 1.29 is 4.79 Å². The molecular weight excluding hydrogens is 171 g/mol. The first-order chi connectivity index (χ1) is 5.83. The highest BCUT2D eigenvalue weighted by molar-refractivity contribution is 7.19. The molecule has 2 atom stereocenters. The standard InChI is InChI=1S/C8H9N2OP/c11-5-6-4-10(12)8-7(6)2-1-3-9-8/h1-3,5-6H,4,12H2. The Morgan fingerprint density at radius 1 is 1.75 bits per heavy atom. The van der Waals surface area contributed by atoms with Crippen LogP contribution >= 0.6 is 9.39 Å². The summed E-state index contributed by atoms with van der Waals surface area (Å²) >= 11 is 0. The van der Waals surface area contributed by atoms with E-state index in [-0.39, 0.29) is 5.92 Å². The van der Waals surface area contributed by atoms with Gasteiger partial charge in [-0.3, -0.25) is 0 Å². The minimum Gasteiger partial charge on any atom is -0.340 e. The summed E-state index contributed by atoms with van der Waals surface area (Å²) in [6, 6.07) is 3.81. The predicted octanol–water partition coefficient (Wildman–Crippen LogP) is 0.974. The molecule has 0 bridgehead atoms. The van der Waals surface area contributed by atoms with Gasteiger partial charge in [-0.15, -0.1) is 0 Å². The lowest BCUT2D eigenvalue weighted by atomic mass is 10.1. The Bertz CT molecular complexity index is 316. The molecule has 0 N–H and O–H groups in total. The van der Waals surface area contributed by atoms with Crippen LogP contribution in [0.2, 0.25) is 0 Å². The lowest BCUT2D eigenvalue weighted by Crippen LogP contribution is -2.09. The topological polar surface area (TPSA) is 33.2 Å². The first-order valence-corrected chi connectivity index (χ1v) is 4.27. The number of pyridine rings is 1. The molecule has 0 saturated heterocycles. The summed E-state index contributed by atoms with van der Waals surface area (Å²) in [7, 11) is 2.57. The van der Waals surface area contributed by atoms with E-state index in [1.807, 2.05) is 16.8 Å². The zero-order valence-corrected chi connectivity index (χ0v) is 7.63. The molecule has 2 rings (SSSR count). The van der Waals surface area contributed by atoms with E-state index in [0.717, 1.165) is 24.2 Å². The molecule has 0 fully saturated rings. The molecule has 2 unspecified atom stereocenters. The van der Waals surface area contributed by atoms with Crippen molar-refractivity contribution in [2.24, 2.45) is 0 Å². The van der Waals surface area contributed by atoms with Gasteiger partial charge in [-0.1, -0.05) is 6.07 Å². The van der Waals surface area contributed by atoms with Crippen molar-refractivity contribution in [3.05, 3.63) is 23.9 Å². The SMILES string of the molecule is O=CC1CN(P)c2ncccc21. The maximum absolute atomic E-state index is 10.7. The summed E-state index contributed by atoms with van der Waals surface area (Å²) in [4.78, 5) is 14.8. The fourth-order valence-electron chi connectivity index (χ4n) is 1.45. The molecule has 1 aromatic rings. The van der Waals surface area contributed by atoms with E-state index in [1.54, 1.807) is 6.20 Å². The van der Waals surface area contributed by atoms with Crippen LogP contribution in [0.5, 0.6) is 0 Å². The Morgan fingerprint density at radius 2 is 2.58 bits per heavy atom. The van der Waals surface area contributed by atoms with E-state index in [1.165, 1.54) is 0 Å². The zero-order chi connectivity index (χ0) is 8.55. The van der Waals surface area contributed by atoms with Crippen LogP contribution in [0.1, 0.15) is 11.5 Å². The summed E-state index contributed by atoms with van der Waals surface area (Å²) in [5, 5.41) is 0. The molecular formula is C8H9N2OP. The Labute approximate surface area is 73.0 Å². The van der Waals surface area contributed by atoms with Crippen molar-refractivity contribution in [1.82, 2.24) is 4.98 Å². The van der Waals surface area contributed by atoms with Crippen molar-refractivity contribution in [3.8, 4) is 0 Å². The van der Waals surface area contributed by atoms with Crippen molar-refractivity contribution in [1.29, 1.82) is 0 Å². The third-order valence-corrected chi connectivity index (χ3v) is 2.50. The van der Waals surface area contributed by atoms with E-state index in [9.17, 15) is 4.79 Å². The molecule has 3 nitrogen and oxygen atoms in total. The highest BCUT2D eigenvalue weighted by Gasteiger charge is 2.26. The summed E-state index contributed by atoms with van der Waals surface area (Å²) < 4.78 is 1.92. The highest BCUT2D eigenvalue weighted by Crippen LogP contribution is 2.34. The summed E-state index contributed by atoms with van der Waals surface area (Å²) in [6.07, 6.45) is 2.72. The average molecular weight is 180 g/mol. The van der Waals surface area contributed by atoms with Gasteiger partial charge in [0.25, 0.3) is 0 Å². The van der Waals surface area contributed by atoms with Gasteiger partial charge in [0, 0.05) is 18.3 Å². The number of aldehydes is 1. The van der Waals surface area contributed by atoms with Crippen molar-refractivity contribution in [2.45, 2.75) is 5.92 Å². The number of carbonyl (C=O) groups excluding carboxylic acids is 1. The fraction of sp³-hybridized carbons (Fsp3) is 0.250. The van der Waals surface area contributed by atoms with E-state index in [0.29, 0.717) is 0 Å². The van der Waals surface area contributed by atoms with Gasteiger partial charge in [0.15, 0.2) is 0 Å². The molecule has 62 valence electrons. The second-order valence-electron chi connectivity index (χ2n) is 2.81. The molecule has 1 aliphatic heterocycles. The van der Waals surface area contributed by atoms with E-state index < -0.39 is 0 Å². The second kappa shape index (κ2) is 2.83. The third kappa shape index (κ3) is 1.01. The molecule has 0 aliphatic carbocycles. The van der Waals surface area contributed by atoms with Gasteiger partial charge in [-0.2, -0.15) is 0 Å². The van der Waals surface area contributed by atoms with E-state index in [2.05, 4.69) is 14.4 Å². The quantitative estimate of drug-likeness (QED) is 0.477. The van der Waals surface area contributed by atoms with Crippen LogP contribution in [0.4, 0.5) is 5.82 Å². The Morgan fingerprint density at radius 3 is 3.33 bits per heavy atom. The molecule has 0 aromatic carbocycles. The van der Waals surface area contributed by atoms with Gasteiger partial charge in [-0.25, -0.2) is 4.98 Å². The van der Waals surface area contributed by atoms with Crippen LogP contribution in [0.3, 0.4) is 0 Å². The molecule has 0 spiro atoms. The lowest BCUT2D eigenvalue weighted by Gasteiger charge is -2.08. The van der Waals surface area contributed by atoms with Gasteiger partial charge in [0.2, 0.25) is 0 Å². The first kappa shape index (κ1) is 7.69. The highest BCUT2D eigenvalue weighted by atomic mass is 31.0. The summed E-state index contributed by atoms with van der Waals surface area (Å²) in [5.74, 6) is 0.894. The maximum atomic E-state index is 10.7. The molecule has 2 heterocycles. The van der Waals surface area contributed by atoms with E-state index >= 15 is 0 Å². The van der Waals surface area contributed by atoms with Crippen molar-refractivity contribution in [2.75, 3.05) is 11.2 Å². The number of aromatic nitrogens is 1. The Hall–Kier alpha value is -0.950. The fourth-order valence-corrected chi connectivity index (χ4v) is 1.89. The normalized spacial score (nSPS) is 20.8. The van der Waals surface area contributed by atoms with Gasteiger partial charge in [0.1, 0.15) is 12.1 Å². The van der Waals surface area contributed by atoms with Crippen molar-refractivity contribution >= 4 is 21.5 Å². The lowest BCUT2D eigenvalue weighted by molar-refractivity contribution is -0.108. The average Bonchev–Trinajstić information content (AvgIpc) is 2.44. The predicted molar refractivity (Wildman–Crippen MR) is 50.1 cm³/mol. The molecule has 4 heteroatoms. The monoisotopic (exact) mass is 180 g/mol. The Kier molecular flexibility index (Phi) is 1.81. The minimum atomic E-state index is -0.00815. The number of hydrogen-bond donors (Lipinski definition) is 0. The van der Waals surface area contributed by atoms with Crippen LogP contribution in [-0.2, 0) is 4.79 Å². The van der Waals surface area contributed by atoms with Gasteiger partial charge >= 0.3 is 0 Å². The summed E-state index contributed by atoms with van der Waals surface area (Å²) in [5.41, 5.74) is 1.03. The van der Waals surface area contributed by atoms with Crippen LogP contribution in [0.25, 0.3) is 0 Å². The van der Waals surface area contributed by atoms with Gasteiger partial charge < -0.3 is 9.46 Å². The molecule has 0 amide bonds. The van der Waals surface area contributed by atoms with Crippen molar-refractivity contribution in [3.63, 3.8) is 0 Å². The maximum Gasteiger partial charge on any atom is 0.135 e. The van der Waals surface area contributed by atoms with Crippen LogP contribution in [0.15, 0.2) is 18.3 Å². The van der Waals surface area contributed by atoms with Gasteiger partial charge in [0.05, 0.1) is 5.92 Å². The van der Waals surface area contributed by atoms with Gasteiger partial charge in [-0.05, 0) is 15.5 Å². The molecule has 0 saturated carbocycles. The largest absolute Gasteiger partial charge is 0.340 e. The number of rotatable bonds is 1. The third-order valence-electron chi connectivity index (χ3n) is 2.05. The summed E-state index contributed by atoms with van der Waals surface area (Å²) in [6.45, 7) is 0.723. The molecule has 12 heavy (non-hydrogen) atoms. The number of fused-ring (bicyclic) bond motifs is 1. The number of anilines is 1. The second-order valence-corrected chi connectivity index (χ2v) is 3.43. The Balaban J connectivity index is 2.49. The smallest absolute Gasteiger partial charge is 0.135 e. The molecule has 0 radical (unpaired) electrons. The molecule has 1 aliphatic rings.